The fourth-order valence-corrected chi connectivity index (χ4v) is 0.918. The van der Waals surface area contributed by atoms with Gasteiger partial charge in [-0.1, -0.05) is 19.1 Å². The molecule has 1 aromatic carbocycles. The topological polar surface area (TPSA) is 83.8 Å². The van der Waals surface area contributed by atoms with Crippen LogP contribution in [0.4, 0.5) is 0 Å². The summed E-state index contributed by atoms with van der Waals surface area (Å²) in [5, 5.41) is 17.3. The molecule has 0 aliphatic heterocycles. The third-order valence-corrected chi connectivity index (χ3v) is 1.73. The second-order valence-electron chi connectivity index (χ2n) is 2.98. The summed E-state index contributed by atoms with van der Waals surface area (Å²) >= 11 is 0. The smallest absolute Gasteiger partial charge is 0.339 e. The van der Waals surface area contributed by atoms with Crippen molar-refractivity contribution in [3.63, 3.8) is 0 Å². The predicted molar refractivity (Wildman–Crippen MR) is 62.0 cm³/mol. The summed E-state index contributed by atoms with van der Waals surface area (Å²) in [6.45, 7) is 4.07. The summed E-state index contributed by atoms with van der Waals surface area (Å²) in [5.41, 5.74) is -0.0671. The Morgan fingerprint density at radius 3 is 2.12 bits per heavy atom. The van der Waals surface area contributed by atoms with Gasteiger partial charge in [-0.2, -0.15) is 0 Å². The predicted octanol–water partition coefficient (Wildman–Crippen LogP) is 2.05. The molecule has 0 amide bonds. The van der Waals surface area contributed by atoms with E-state index in [2.05, 4.69) is 4.74 Å². The molecule has 0 saturated heterocycles. The van der Waals surface area contributed by atoms with E-state index in [4.69, 9.17) is 10.2 Å². The van der Waals surface area contributed by atoms with Crippen LogP contribution in [0.3, 0.4) is 0 Å². The molecule has 0 heterocycles. The lowest BCUT2D eigenvalue weighted by Gasteiger charge is -1.95. The van der Waals surface area contributed by atoms with Gasteiger partial charge in [-0.15, -0.1) is 0 Å². The van der Waals surface area contributed by atoms with Crippen LogP contribution in [-0.4, -0.2) is 28.8 Å². The molecular formula is C12H16O5. The van der Waals surface area contributed by atoms with E-state index in [9.17, 15) is 9.59 Å². The molecular weight excluding hydrogens is 224 g/mol. The van der Waals surface area contributed by atoms with Crippen molar-refractivity contribution in [2.45, 2.75) is 20.3 Å². The lowest BCUT2D eigenvalue weighted by atomic mass is 10.2. The van der Waals surface area contributed by atoms with Gasteiger partial charge in [-0.25, -0.2) is 4.79 Å². The minimum Gasteiger partial charge on any atom is -0.507 e. The van der Waals surface area contributed by atoms with E-state index in [1.807, 2.05) is 0 Å². The largest absolute Gasteiger partial charge is 0.507 e. The van der Waals surface area contributed by atoms with Crippen LogP contribution in [0, 0.1) is 0 Å². The number of aromatic carboxylic acids is 1. The van der Waals surface area contributed by atoms with Gasteiger partial charge in [0.1, 0.15) is 11.3 Å². The Bertz CT molecular complexity index is 373. The molecule has 1 aromatic rings. The van der Waals surface area contributed by atoms with E-state index < -0.39 is 5.97 Å². The first-order valence-electron chi connectivity index (χ1n) is 5.19. The number of hydrogen-bond donors (Lipinski definition) is 2. The van der Waals surface area contributed by atoms with Crippen LogP contribution in [0.2, 0.25) is 0 Å². The number of carbonyl (C=O) groups excluding carboxylic acids is 1. The Hall–Kier alpha value is -2.04. The van der Waals surface area contributed by atoms with Crippen molar-refractivity contribution < 1.29 is 24.5 Å². The molecule has 0 radical (unpaired) electrons. The number of phenols is 1. The molecule has 17 heavy (non-hydrogen) atoms. The molecule has 0 aliphatic carbocycles. The molecule has 0 atom stereocenters. The lowest BCUT2D eigenvalue weighted by Crippen LogP contribution is -2.00. The highest BCUT2D eigenvalue weighted by Gasteiger charge is 2.05. The van der Waals surface area contributed by atoms with Gasteiger partial charge >= 0.3 is 11.9 Å². The highest BCUT2D eigenvalue weighted by Crippen LogP contribution is 2.14. The minimum absolute atomic E-state index is 0.0671. The molecule has 0 bridgehead atoms. The Labute approximate surface area is 99.7 Å². The summed E-state index contributed by atoms with van der Waals surface area (Å²) in [7, 11) is 0. The number of carbonyl (C=O) groups is 2. The standard InChI is InChI=1S/C7H6O3.C5H10O2/c8-6-4-2-1-3-5(6)7(9)10;1-3-5(6)7-4-2/h1-4,8H,(H,9,10);3-4H2,1-2H3. The zero-order valence-corrected chi connectivity index (χ0v) is 9.84. The molecule has 94 valence electrons. The maximum absolute atomic E-state index is 10.3. The quantitative estimate of drug-likeness (QED) is 0.790. The second kappa shape index (κ2) is 8.15. The van der Waals surface area contributed by atoms with Crippen LogP contribution in [0.5, 0.6) is 5.75 Å². The Morgan fingerprint density at radius 1 is 1.24 bits per heavy atom. The zero-order valence-electron chi connectivity index (χ0n) is 9.84. The Morgan fingerprint density at radius 2 is 1.82 bits per heavy atom. The molecule has 0 spiro atoms. The molecule has 5 nitrogen and oxygen atoms in total. The monoisotopic (exact) mass is 240 g/mol. The summed E-state index contributed by atoms with van der Waals surface area (Å²) in [6.07, 6.45) is 0.480. The van der Waals surface area contributed by atoms with Crippen LogP contribution in [0.15, 0.2) is 24.3 Å². The molecule has 1 rings (SSSR count). The molecule has 0 aliphatic rings. The molecule has 0 saturated carbocycles. The number of hydrogen-bond acceptors (Lipinski definition) is 4. The number of carboxylic acids is 1. The molecule has 0 aromatic heterocycles. The minimum atomic E-state index is -1.11. The third kappa shape index (κ3) is 6.19. The zero-order chi connectivity index (χ0) is 13.3. The van der Waals surface area contributed by atoms with E-state index in [0.717, 1.165) is 0 Å². The van der Waals surface area contributed by atoms with Crippen molar-refractivity contribution >= 4 is 11.9 Å². The number of rotatable bonds is 3. The van der Waals surface area contributed by atoms with E-state index in [1.54, 1.807) is 26.0 Å². The summed E-state index contributed by atoms with van der Waals surface area (Å²) in [6, 6.07) is 5.81. The number of ether oxygens (including phenoxy) is 1. The van der Waals surface area contributed by atoms with Crippen LogP contribution < -0.4 is 0 Å². The Kier molecular flexibility index (Phi) is 7.17. The van der Waals surface area contributed by atoms with Crippen molar-refractivity contribution in [2.24, 2.45) is 0 Å². The van der Waals surface area contributed by atoms with Crippen LogP contribution in [0.1, 0.15) is 30.6 Å². The average molecular weight is 240 g/mol. The van der Waals surface area contributed by atoms with Crippen molar-refractivity contribution in [2.75, 3.05) is 6.61 Å². The van der Waals surface area contributed by atoms with Gasteiger partial charge < -0.3 is 14.9 Å². The highest BCUT2D eigenvalue weighted by molar-refractivity contribution is 5.90. The number of aromatic hydroxyl groups is 1. The normalized spacial score (nSPS) is 8.82. The third-order valence-electron chi connectivity index (χ3n) is 1.73. The summed E-state index contributed by atoms with van der Waals surface area (Å²) in [5.74, 6) is -1.43. The first kappa shape index (κ1) is 15.0. The number of carboxylic acid groups (broad SMARTS) is 1. The van der Waals surface area contributed by atoms with Gasteiger partial charge in [0.05, 0.1) is 6.61 Å². The molecule has 2 N–H and O–H groups in total. The van der Waals surface area contributed by atoms with Crippen LogP contribution in [0.25, 0.3) is 0 Å². The van der Waals surface area contributed by atoms with E-state index in [-0.39, 0.29) is 17.3 Å². The first-order chi connectivity index (χ1) is 8.02. The van der Waals surface area contributed by atoms with E-state index in [1.165, 1.54) is 12.1 Å². The van der Waals surface area contributed by atoms with Gasteiger partial charge in [0.25, 0.3) is 0 Å². The maximum Gasteiger partial charge on any atom is 0.339 e. The number of para-hydroxylation sites is 1. The maximum atomic E-state index is 10.3. The van der Waals surface area contributed by atoms with Gasteiger partial charge in [0.15, 0.2) is 0 Å². The van der Waals surface area contributed by atoms with Gasteiger partial charge in [0, 0.05) is 6.42 Å². The molecule has 0 unspecified atom stereocenters. The number of benzene rings is 1. The van der Waals surface area contributed by atoms with Crippen molar-refractivity contribution in [3.8, 4) is 5.75 Å². The van der Waals surface area contributed by atoms with Crippen molar-refractivity contribution in [3.05, 3.63) is 29.8 Å². The average Bonchev–Trinajstić information content (AvgIpc) is 2.30. The Balaban J connectivity index is 0.000000325. The second-order valence-corrected chi connectivity index (χ2v) is 2.98. The van der Waals surface area contributed by atoms with Gasteiger partial charge in [-0.3, -0.25) is 4.79 Å². The van der Waals surface area contributed by atoms with Crippen molar-refractivity contribution in [1.82, 2.24) is 0 Å². The summed E-state index contributed by atoms with van der Waals surface area (Å²) in [4.78, 5) is 20.5. The SMILES string of the molecule is CCOC(=O)CC.O=C(O)c1ccccc1O. The van der Waals surface area contributed by atoms with Crippen molar-refractivity contribution in [1.29, 1.82) is 0 Å². The lowest BCUT2D eigenvalue weighted by molar-refractivity contribution is -0.142. The van der Waals surface area contributed by atoms with Crippen LogP contribution in [-0.2, 0) is 9.53 Å². The first-order valence-corrected chi connectivity index (χ1v) is 5.19. The van der Waals surface area contributed by atoms with E-state index >= 15 is 0 Å². The van der Waals surface area contributed by atoms with Crippen LogP contribution >= 0.6 is 0 Å². The molecule has 0 fully saturated rings. The van der Waals surface area contributed by atoms with Gasteiger partial charge in [0.2, 0.25) is 0 Å². The fourth-order valence-electron chi connectivity index (χ4n) is 0.918. The van der Waals surface area contributed by atoms with Gasteiger partial charge in [-0.05, 0) is 19.1 Å². The fraction of sp³-hybridized carbons (Fsp3) is 0.333. The van der Waals surface area contributed by atoms with E-state index in [0.29, 0.717) is 13.0 Å². The molecule has 5 heteroatoms. The number of esters is 1. The highest BCUT2D eigenvalue weighted by atomic mass is 16.5. The summed E-state index contributed by atoms with van der Waals surface area (Å²) < 4.78 is 4.55.